The summed E-state index contributed by atoms with van der Waals surface area (Å²) in [7, 11) is 0. The molecule has 3 saturated carbocycles. The molecule has 4 aliphatic rings. The summed E-state index contributed by atoms with van der Waals surface area (Å²) >= 11 is 0. The molecule has 0 aromatic heterocycles. The molecule has 3 fully saturated rings. The zero-order valence-corrected chi connectivity index (χ0v) is 17.6. The van der Waals surface area contributed by atoms with Crippen LogP contribution in [0.2, 0.25) is 0 Å². The first-order chi connectivity index (χ1) is 12.8. The van der Waals surface area contributed by atoms with Gasteiger partial charge < -0.3 is 4.74 Å². The second-order valence-corrected chi connectivity index (χ2v) is 10.5. The average Bonchev–Trinajstić information content (AvgIpc) is 2.97. The van der Waals surface area contributed by atoms with Crippen molar-refractivity contribution in [1.82, 2.24) is 0 Å². The lowest BCUT2D eigenvalue weighted by atomic mass is 9.46. The van der Waals surface area contributed by atoms with Crippen LogP contribution >= 0.6 is 0 Å². The third kappa shape index (κ3) is 3.00. The molecule has 150 valence electrons. The van der Waals surface area contributed by atoms with Crippen molar-refractivity contribution in [1.29, 1.82) is 0 Å². The van der Waals surface area contributed by atoms with Gasteiger partial charge in [-0.15, -0.1) is 0 Å². The van der Waals surface area contributed by atoms with Crippen molar-refractivity contribution in [2.24, 2.45) is 40.4 Å². The Balaban J connectivity index is 1.55. The van der Waals surface area contributed by atoms with Gasteiger partial charge in [0.2, 0.25) is 0 Å². The van der Waals surface area contributed by atoms with Crippen molar-refractivity contribution in [3.8, 4) is 0 Å². The van der Waals surface area contributed by atoms with E-state index in [-0.39, 0.29) is 11.4 Å². The van der Waals surface area contributed by atoms with Crippen molar-refractivity contribution in [2.75, 3.05) is 6.61 Å². The number of fused-ring (bicyclic) bond motifs is 5. The monoisotopic (exact) mass is 372 g/mol. The molecule has 4 aliphatic carbocycles. The van der Waals surface area contributed by atoms with E-state index in [9.17, 15) is 9.59 Å². The van der Waals surface area contributed by atoms with E-state index in [0.717, 1.165) is 37.0 Å². The summed E-state index contributed by atoms with van der Waals surface area (Å²) in [5.41, 5.74) is 2.11. The van der Waals surface area contributed by atoms with E-state index in [2.05, 4.69) is 20.8 Å². The van der Waals surface area contributed by atoms with E-state index in [1.807, 2.05) is 6.08 Å². The lowest BCUT2D eigenvalue weighted by Crippen LogP contribution is -2.51. The van der Waals surface area contributed by atoms with Crippen molar-refractivity contribution in [3.63, 3.8) is 0 Å². The molecule has 0 saturated heterocycles. The maximum atomic E-state index is 12.0. The van der Waals surface area contributed by atoms with Gasteiger partial charge in [0.15, 0.2) is 5.78 Å². The van der Waals surface area contributed by atoms with Gasteiger partial charge >= 0.3 is 5.97 Å². The van der Waals surface area contributed by atoms with Crippen molar-refractivity contribution < 1.29 is 14.3 Å². The van der Waals surface area contributed by atoms with E-state index in [0.29, 0.717) is 29.6 Å². The molecule has 7 atom stereocenters. The zero-order chi connectivity index (χ0) is 19.4. The van der Waals surface area contributed by atoms with E-state index < -0.39 is 0 Å². The van der Waals surface area contributed by atoms with Crippen LogP contribution in [0.25, 0.3) is 0 Å². The third-order valence-electron chi connectivity index (χ3n) is 9.27. The number of hydrogen-bond acceptors (Lipinski definition) is 3. The minimum Gasteiger partial charge on any atom is -0.466 e. The molecule has 1 unspecified atom stereocenters. The van der Waals surface area contributed by atoms with Gasteiger partial charge in [-0.3, -0.25) is 9.59 Å². The number of hydrogen-bond donors (Lipinski definition) is 0. The Morgan fingerprint density at radius 2 is 1.93 bits per heavy atom. The molecule has 3 heteroatoms. The Morgan fingerprint density at radius 3 is 2.67 bits per heavy atom. The molecule has 0 N–H and O–H groups in total. The van der Waals surface area contributed by atoms with Crippen LogP contribution < -0.4 is 0 Å². The van der Waals surface area contributed by atoms with E-state index in [1.165, 1.54) is 44.6 Å². The van der Waals surface area contributed by atoms with Gasteiger partial charge in [0.05, 0.1) is 6.61 Å². The van der Waals surface area contributed by atoms with Crippen LogP contribution in [0.4, 0.5) is 0 Å². The Hall–Kier alpha value is -1.12. The van der Waals surface area contributed by atoms with Crippen LogP contribution in [0.15, 0.2) is 11.6 Å². The van der Waals surface area contributed by atoms with Crippen LogP contribution in [0, 0.1) is 40.4 Å². The lowest BCUT2D eigenvalue weighted by molar-refractivity contribution is -0.143. The molecule has 3 nitrogen and oxygen atoms in total. The lowest BCUT2D eigenvalue weighted by Gasteiger charge is -2.58. The second-order valence-electron chi connectivity index (χ2n) is 10.5. The topological polar surface area (TPSA) is 43.4 Å². The van der Waals surface area contributed by atoms with Gasteiger partial charge in [-0.05, 0) is 91.4 Å². The number of ketones is 1. The largest absolute Gasteiger partial charge is 0.466 e. The molecule has 4 rings (SSSR count). The SMILES string of the molecule is CC(=O)OCC(C)[C@H]1CC[C@H]2[C@@H]3CCC4=CC(=O)CC[C@]4(C)[C@H]3CC[C@]12C. The van der Waals surface area contributed by atoms with E-state index >= 15 is 0 Å². The summed E-state index contributed by atoms with van der Waals surface area (Å²) in [5.74, 6) is 3.68. The maximum Gasteiger partial charge on any atom is 0.302 e. The normalized spacial score (nSPS) is 44.6. The van der Waals surface area contributed by atoms with Gasteiger partial charge in [0, 0.05) is 13.3 Å². The Morgan fingerprint density at radius 1 is 1.15 bits per heavy atom. The van der Waals surface area contributed by atoms with Crippen molar-refractivity contribution >= 4 is 11.8 Å². The quantitative estimate of drug-likeness (QED) is 0.629. The number of esters is 1. The minimum atomic E-state index is -0.156. The predicted octanol–water partition coefficient (Wildman–Crippen LogP) is 5.33. The first kappa shape index (κ1) is 19.2. The van der Waals surface area contributed by atoms with Crippen LogP contribution in [-0.4, -0.2) is 18.4 Å². The average molecular weight is 373 g/mol. The third-order valence-corrected chi connectivity index (χ3v) is 9.27. The van der Waals surface area contributed by atoms with Gasteiger partial charge in [-0.2, -0.15) is 0 Å². The van der Waals surface area contributed by atoms with Crippen molar-refractivity contribution in [3.05, 3.63) is 11.6 Å². The second kappa shape index (κ2) is 6.74. The summed E-state index contributed by atoms with van der Waals surface area (Å²) in [6.45, 7) is 9.36. The number of rotatable bonds is 3. The smallest absolute Gasteiger partial charge is 0.302 e. The van der Waals surface area contributed by atoms with E-state index in [1.54, 1.807) is 0 Å². The Bertz CT molecular complexity index is 665. The van der Waals surface area contributed by atoms with Crippen LogP contribution in [0.1, 0.15) is 79.1 Å². The van der Waals surface area contributed by atoms with Crippen LogP contribution in [0.5, 0.6) is 0 Å². The van der Waals surface area contributed by atoms with Crippen LogP contribution in [-0.2, 0) is 14.3 Å². The zero-order valence-electron chi connectivity index (χ0n) is 17.6. The highest BCUT2D eigenvalue weighted by Gasteiger charge is 2.59. The summed E-state index contributed by atoms with van der Waals surface area (Å²) in [5, 5.41) is 0. The summed E-state index contributed by atoms with van der Waals surface area (Å²) < 4.78 is 5.37. The fourth-order valence-electron chi connectivity index (χ4n) is 7.90. The van der Waals surface area contributed by atoms with Gasteiger partial charge in [-0.25, -0.2) is 0 Å². The maximum absolute atomic E-state index is 12.0. The number of ether oxygens (including phenoxy) is 1. The molecule has 0 aromatic rings. The Kier molecular flexibility index (Phi) is 4.79. The van der Waals surface area contributed by atoms with Gasteiger partial charge in [0.1, 0.15) is 0 Å². The molecule has 0 aliphatic heterocycles. The predicted molar refractivity (Wildman–Crippen MR) is 106 cm³/mol. The summed E-state index contributed by atoms with van der Waals surface area (Å²) in [4.78, 5) is 23.2. The molecule has 0 heterocycles. The van der Waals surface area contributed by atoms with Crippen LogP contribution in [0.3, 0.4) is 0 Å². The highest BCUT2D eigenvalue weighted by molar-refractivity contribution is 5.91. The first-order valence-electron chi connectivity index (χ1n) is 11.1. The molecule has 27 heavy (non-hydrogen) atoms. The fraction of sp³-hybridized carbons (Fsp3) is 0.833. The number of carbonyl (C=O) groups is 2. The standard InChI is InChI=1S/C24H36O3/c1-15(14-27-16(2)25)20-7-8-21-19-6-5-17-13-18(26)9-11-23(17,3)22(19)10-12-24(20,21)4/h13,15,19-22H,5-12,14H2,1-4H3/t15?,19-,20+,21-,22-,23-,24+/m0/s1. The van der Waals surface area contributed by atoms with E-state index in [4.69, 9.17) is 4.74 Å². The Labute approximate surface area is 164 Å². The van der Waals surface area contributed by atoms with Gasteiger partial charge in [0.25, 0.3) is 0 Å². The number of carbonyl (C=O) groups excluding carboxylic acids is 2. The molecule has 0 radical (unpaired) electrons. The summed E-state index contributed by atoms with van der Waals surface area (Å²) in [6, 6.07) is 0. The van der Waals surface area contributed by atoms with Gasteiger partial charge in [-0.1, -0.05) is 26.3 Å². The summed E-state index contributed by atoms with van der Waals surface area (Å²) in [6.07, 6.45) is 11.4. The minimum absolute atomic E-state index is 0.156. The molecular formula is C24H36O3. The first-order valence-corrected chi connectivity index (χ1v) is 11.1. The molecule has 0 aromatic carbocycles. The molecule has 0 bridgehead atoms. The highest BCUT2D eigenvalue weighted by atomic mass is 16.5. The number of allylic oxidation sites excluding steroid dienone is 1. The highest BCUT2D eigenvalue weighted by Crippen LogP contribution is 2.67. The molecular weight excluding hydrogens is 336 g/mol. The molecule has 0 amide bonds. The fourth-order valence-corrected chi connectivity index (χ4v) is 7.90. The van der Waals surface area contributed by atoms with Crippen molar-refractivity contribution in [2.45, 2.75) is 79.1 Å². The molecule has 0 spiro atoms.